The summed E-state index contributed by atoms with van der Waals surface area (Å²) in [5, 5.41) is 11.6. The fraction of sp³-hybridized carbons (Fsp3) is 0.646. The largest absolute Gasteiger partial charge is 0.544 e. The SMILES string of the molecule is CC/C=C\C/C=C\C/C=C\C/C=C\CCCCC(=O)OC(COCCC(C(=O)[O-])[N+](C)(C)C)COC(=O)CCCCCCCCC/C=C\C/C=C\C/C=C\CC. The van der Waals surface area contributed by atoms with Crippen molar-refractivity contribution in [1.82, 2.24) is 0 Å². The van der Waals surface area contributed by atoms with Crippen LogP contribution in [-0.2, 0) is 28.6 Å². The van der Waals surface area contributed by atoms with Gasteiger partial charge in [0.1, 0.15) is 12.6 Å². The van der Waals surface area contributed by atoms with Crippen molar-refractivity contribution >= 4 is 17.9 Å². The molecule has 0 radical (unpaired) electrons. The van der Waals surface area contributed by atoms with Gasteiger partial charge in [0.2, 0.25) is 0 Å². The third-order valence-corrected chi connectivity index (χ3v) is 9.03. The summed E-state index contributed by atoms with van der Waals surface area (Å²) < 4.78 is 17.1. The molecule has 2 atom stereocenters. The lowest BCUT2D eigenvalue weighted by Crippen LogP contribution is -2.55. The summed E-state index contributed by atoms with van der Waals surface area (Å²) in [5.41, 5.74) is 0. The summed E-state index contributed by atoms with van der Waals surface area (Å²) in [6, 6.07) is -0.739. The van der Waals surface area contributed by atoms with Crippen LogP contribution >= 0.6 is 0 Å². The van der Waals surface area contributed by atoms with Crippen LogP contribution in [0.5, 0.6) is 0 Å². The second-order valence-electron chi connectivity index (χ2n) is 15.2. The number of carboxylic acid groups (broad SMARTS) is 1. The highest BCUT2D eigenvalue weighted by molar-refractivity contribution is 5.70. The van der Waals surface area contributed by atoms with E-state index in [0.717, 1.165) is 83.5 Å². The molecule has 0 saturated heterocycles. The van der Waals surface area contributed by atoms with Crippen LogP contribution in [0.2, 0.25) is 0 Å². The Morgan fingerprint density at radius 3 is 1.43 bits per heavy atom. The smallest absolute Gasteiger partial charge is 0.306 e. The second-order valence-corrected chi connectivity index (χ2v) is 15.2. The molecule has 0 bridgehead atoms. The van der Waals surface area contributed by atoms with Gasteiger partial charge in [-0.05, 0) is 83.5 Å². The molecule has 0 fully saturated rings. The first kappa shape index (κ1) is 52.5. The summed E-state index contributed by atoms with van der Waals surface area (Å²) in [6.07, 6.45) is 48.9. The predicted molar refractivity (Wildman–Crippen MR) is 231 cm³/mol. The maximum Gasteiger partial charge on any atom is 0.306 e. The fourth-order valence-electron chi connectivity index (χ4n) is 5.72. The quantitative estimate of drug-likeness (QED) is 0.0268. The molecule has 0 aliphatic rings. The lowest BCUT2D eigenvalue weighted by Gasteiger charge is -2.34. The van der Waals surface area contributed by atoms with Crippen molar-refractivity contribution in [2.75, 3.05) is 41.0 Å². The van der Waals surface area contributed by atoms with E-state index in [9.17, 15) is 19.5 Å². The van der Waals surface area contributed by atoms with Gasteiger partial charge in [-0.25, -0.2) is 0 Å². The van der Waals surface area contributed by atoms with Crippen LogP contribution in [-0.4, -0.2) is 75.5 Å². The number of carbonyl (C=O) groups is 3. The highest BCUT2D eigenvalue weighted by atomic mass is 16.6. The maximum absolute atomic E-state index is 12.7. The molecule has 0 saturated carbocycles. The van der Waals surface area contributed by atoms with Crippen molar-refractivity contribution in [2.45, 2.75) is 161 Å². The Labute approximate surface area is 342 Å². The molecular weight excluding hydrogens is 703 g/mol. The topological polar surface area (TPSA) is 102 Å². The molecule has 318 valence electrons. The normalized spacial score (nSPS) is 13.8. The Morgan fingerprint density at radius 2 is 0.946 bits per heavy atom. The highest BCUT2D eigenvalue weighted by Gasteiger charge is 2.25. The first-order valence-electron chi connectivity index (χ1n) is 21.6. The van der Waals surface area contributed by atoms with E-state index in [1.165, 1.54) is 25.7 Å². The number of allylic oxidation sites excluding steroid dienone is 14. The van der Waals surface area contributed by atoms with E-state index in [4.69, 9.17) is 14.2 Å². The molecule has 56 heavy (non-hydrogen) atoms. The average molecular weight is 782 g/mol. The number of carbonyl (C=O) groups excluding carboxylic acids is 3. The van der Waals surface area contributed by atoms with Gasteiger partial charge in [-0.2, -0.15) is 0 Å². The third-order valence-electron chi connectivity index (χ3n) is 9.03. The highest BCUT2D eigenvalue weighted by Crippen LogP contribution is 2.12. The number of hydrogen-bond donors (Lipinski definition) is 0. The molecule has 8 heteroatoms. The van der Waals surface area contributed by atoms with Crippen molar-refractivity contribution in [3.63, 3.8) is 0 Å². The molecule has 0 heterocycles. The summed E-state index contributed by atoms with van der Waals surface area (Å²) in [7, 11) is 5.38. The van der Waals surface area contributed by atoms with Gasteiger partial charge in [-0.3, -0.25) is 9.59 Å². The minimum Gasteiger partial charge on any atom is -0.544 e. The lowest BCUT2D eigenvalue weighted by molar-refractivity contribution is -0.889. The van der Waals surface area contributed by atoms with Crippen LogP contribution < -0.4 is 5.11 Å². The zero-order valence-electron chi connectivity index (χ0n) is 36.0. The summed E-state index contributed by atoms with van der Waals surface area (Å²) in [4.78, 5) is 36.8. The fourth-order valence-corrected chi connectivity index (χ4v) is 5.72. The van der Waals surface area contributed by atoms with Gasteiger partial charge in [-0.15, -0.1) is 0 Å². The molecular formula is C48H79NO7. The Kier molecular flexibility index (Phi) is 36.0. The predicted octanol–water partition coefficient (Wildman–Crippen LogP) is 10.4. The Morgan fingerprint density at radius 1 is 0.536 bits per heavy atom. The van der Waals surface area contributed by atoms with Crippen LogP contribution in [0.1, 0.15) is 149 Å². The zero-order valence-corrected chi connectivity index (χ0v) is 36.0. The molecule has 0 spiro atoms. The maximum atomic E-state index is 12.7. The molecule has 0 aromatic heterocycles. The Hall–Kier alpha value is -3.49. The van der Waals surface area contributed by atoms with Crippen molar-refractivity contribution in [3.05, 3.63) is 85.1 Å². The van der Waals surface area contributed by atoms with Crippen LogP contribution in [0, 0.1) is 0 Å². The monoisotopic (exact) mass is 782 g/mol. The number of hydrogen-bond acceptors (Lipinski definition) is 7. The van der Waals surface area contributed by atoms with Crippen LogP contribution in [0.3, 0.4) is 0 Å². The number of rotatable bonds is 37. The van der Waals surface area contributed by atoms with Gasteiger partial charge in [-0.1, -0.05) is 131 Å². The number of esters is 2. The first-order chi connectivity index (χ1) is 27.1. The molecule has 0 aromatic carbocycles. The summed E-state index contributed by atoms with van der Waals surface area (Å²) >= 11 is 0. The van der Waals surface area contributed by atoms with Crippen LogP contribution in [0.4, 0.5) is 0 Å². The van der Waals surface area contributed by atoms with Gasteiger partial charge in [0.25, 0.3) is 0 Å². The van der Waals surface area contributed by atoms with E-state index in [0.29, 0.717) is 12.8 Å². The zero-order chi connectivity index (χ0) is 41.4. The van der Waals surface area contributed by atoms with E-state index in [2.05, 4.69) is 98.9 Å². The average Bonchev–Trinajstić information content (AvgIpc) is 3.15. The van der Waals surface area contributed by atoms with E-state index in [1.54, 1.807) is 21.1 Å². The van der Waals surface area contributed by atoms with Crippen LogP contribution in [0.25, 0.3) is 0 Å². The van der Waals surface area contributed by atoms with Crippen LogP contribution in [0.15, 0.2) is 85.1 Å². The molecule has 0 aliphatic heterocycles. The first-order valence-corrected chi connectivity index (χ1v) is 21.6. The van der Waals surface area contributed by atoms with Gasteiger partial charge in [0.05, 0.1) is 40.3 Å². The van der Waals surface area contributed by atoms with E-state index >= 15 is 0 Å². The number of ether oxygens (including phenoxy) is 3. The van der Waals surface area contributed by atoms with Crippen molar-refractivity contribution < 1.29 is 38.2 Å². The van der Waals surface area contributed by atoms with Gasteiger partial charge in [0.15, 0.2) is 6.10 Å². The number of aliphatic carboxylic acids is 1. The third kappa shape index (κ3) is 36.2. The minimum atomic E-state index is -1.14. The number of carboxylic acids is 1. The molecule has 0 rings (SSSR count). The standard InChI is InChI=1S/C48H79NO7/c1-6-8-10-12-14-16-18-20-22-23-25-26-28-30-32-34-36-38-46(50)55-43-44(42-54-41-40-45(48(52)53)49(3,4)5)56-47(51)39-37-35-33-31-29-27-24-21-19-17-15-13-11-9-7-2/h8-11,14-17,20-22,24,29,31,44-45H,6-7,12-13,18-19,23,25-28,30,32-43H2,1-5H3/b10-8-,11-9-,16-14-,17-15-,22-20-,24-21-,31-29-. The Bertz CT molecular complexity index is 1190. The molecule has 0 aliphatic carbocycles. The number of likely N-dealkylation sites (N-methyl/N-ethyl adjacent to an activating group) is 1. The molecule has 0 N–H and O–H groups in total. The number of unbranched alkanes of at least 4 members (excludes halogenated alkanes) is 9. The lowest BCUT2D eigenvalue weighted by atomic mass is 10.1. The van der Waals surface area contributed by atoms with Crippen molar-refractivity contribution in [2.24, 2.45) is 0 Å². The Balaban J connectivity index is 4.44. The number of quaternary nitrogens is 1. The van der Waals surface area contributed by atoms with Gasteiger partial charge < -0.3 is 28.6 Å². The second kappa shape index (κ2) is 38.4. The molecule has 2 unspecified atom stereocenters. The van der Waals surface area contributed by atoms with E-state index in [-0.39, 0.29) is 49.1 Å². The molecule has 0 aromatic rings. The number of nitrogens with zero attached hydrogens (tertiary/aromatic N) is 1. The van der Waals surface area contributed by atoms with E-state index < -0.39 is 18.1 Å². The molecule has 0 amide bonds. The van der Waals surface area contributed by atoms with Gasteiger partial charge in [0, 0.05) is 19.3 Å². The summed E-state index contributed by atoms with van der Waals surface area (Å²) in [6.45, 7) is 4.36. The molecule has 8 nitrogen and oxygen atoms in total. The van der Waals surface area contributed by atoms with E-state index in [1.807, 2.05) is 0 Å². The van der Waals surface area contributed by atoms with Crippen molar-refractivity contribution in [3.8, 4) is 0 Å². The van der Waals surface area contributed by atoms with Crippen molar-refractivity contribution in [1.29, 1.82) is 0 Å². The summed E-state index contributed by atoms with van der Waals surface area (Å²) in [5.74, 6) is -1.82. The minimum absolute atomic E-state index is 0.0155. The van der Waals surface area contributed by atoms with Gasteiger partial charge >= 0.3 is 11.9 Å².